The molecule has 0 saturated heterocycles. The van der Waals surface area contributed by atoms with Gasteiger partial charge in [-0.25, -0.2) is 0 Å². The van der Waals surface area contributed by atoms with E-state index in [9.17, 15) is 9.59 Å². The molecule has 0 atom stereocenters. The van der Waals surface area contributed by atoms with E-state index in [4.69, 9.17) is 9.15 Å². The second kappa shape index (κ2) is 9.41. The number of esters is 1. The zero-order valence-corrected chi connectivity index (χ0v) is 16.2. The smallest absolute Gasteiger partial charge is 0.305 e. The third-order valence-electron chi connectivity index (χ3n) is 4.59. The molecular weight excluding hydrogens is 330 g/mol. The van der Waals surface area contributed by atoms with Gasteiger partial charge in [-0.2, -0.15) is 0 Å². The van der Waals surface area contributed by atoms with Crippen molar-refractivity contribution in [1.29, 1.82) is 0 Å². The molecule has 0 unspecified atom stereocenters. The summed E-state index contributed by atoms with van der Waals surface area (Å²) in [4.78, 5) is 23.7. The Hall–Kier alpha value is -2.30. The van der Waals surface area contributed by atoms with Crippen molar-refractivity contribution in [3.8, 4) is 0 Å². The fourth-order valence-electron chi connectivity index (χ4n) is 3.15. The molecule has 0 fully saturated rings. The topological polar surface area (TPSA) is 68.5 Å². The number of fused-ring (bicyclic) bond motifs is 1. The fourth-order valence-corrected chi connectivity index (χ4v) is 3.15. The SMILES string of the molecule is CCOC(=O)CCCCCCNC(=O)c1oc2c(C)ccc(C)c2c1C. The van der Waals surface area contributed by atoms with Crippen LogP contribution in [0.1, 0.15) is 66.3 Å². The van der Waals surface area contributed by atoms with Gasteiger partial charge in [-0.1, -0.05) is 25.0 Å². The number of aryl methyl sites for hydroxylation is 3. The quantitative estimate of drug-likeness (QED) is 0.525. The van der Waals surface area contributed by atoms with Crippen molar-refractivity contribution in [3.63, 3.8) is 0 Å². The molecule has 0 spiro atoms. The maximum Gasteiger partial charge on any atom is 0.305 e. The van der Waals surface area contributed by atoms with E-state index in [1.54, 1.807) is 0 Å². The summed E-state index contributed by atoms with van der Waals surface area (Å²) in [5, 5.41) is 3.97. The Morgan fingerprint density at radius 3 is 2.42 bits per heavy atom. The van der Waals surface area contributed by atoms with Crippen molar-refractivity contribution in [2.45, 2.75) is 59.8 Å². The first-order valence-corrected chi connectivity index (χ1v) is 9.38. The highest BCUT2D eigenvalue weighted by Crippen LogP contribution is 2.30. The van der Waals surface area contributed by atoms with E-state index in [2.05, 4.69) is 11.4 Å². The molecule has 5 heteroatoms. The Labute approximate surface area is 155 Å². The normalized spacial score (nSPS) is 10.9. The molecule has 1 aromatic carbocycles. The number of ether oxygens (including phenoxy) is 1. The van der Waals surface area contributed by atoms with Gasteiger partial charge >= 0.3 is 5.97 Å². The zero-order chi connectivity index (χ0) is 19.1. The van der Waals surface area contributed by atoms with Crippen LogP contribution >= 0.6 is 0 Å². The van der Waals surface area contributed by atoms with Crippen LogP contribution in [0.2, 0.25) is 0 Å². The monoisotopic (exact) mass is 359 g/mol. The van der Waals surface area contributed by atoms with Crippen LogP contribution in [0.4, 0.5) is 0 Å². The van der Waals surface area contributed by atoms with E-state index in [0.29, 0.717) is 25.3 Å². The lowest BCUT2D eigenvalue weighted by Gasteiger charge is -2.04. The number of nitrogens with one attached hydrogen (secondary N) is 1. The number of benzene rings is 1. The molecule has 5 nitrogen and oxygen atoms in total. The van der Waals surface area contributed by atoms with Gasteiger partial charge in [-0.15, -0.1) is 0 Å². The lowest BCUT2D eigenvalue weighted by atomic mass is 10.0. The number of carbonyl (C=O) groups is 2. The van der Waals surface area contributed by atoms with Gasteiger partial charge in [0.1, 0.15) is 5.58 Å². The van der Waals surface area contributed by atoms with Crippen LogP contribution in [0.25, 0.3) is 11.0 Å². The van der Waals surface area contributed by atoms with Crippen molar-refractivity contribution < 1.29 is 18.7 Å². The molecule has 1 amide bonds. The molecule has 0 aliphatic carbocycles. The molecule has 0 aliphatic rings. The summed E-state index contributed by atoms with van der Waals surface area (Å²) in [5.74, 6) is 0.107. The van der Waals surface area contributed by atoms with Crippen LogP contribution in [0.15, 0.2) is 16.5 Å². The molecule has 26 heavy (non-hydrogen) atoms. The summed E-state index contributed by atoms with van der Waals surface area (Å²) < 4.78 is 10.8. The van der Waals surface area contributed by atoms with Gasteiger partial charge in [-0.05, 0) is 51.7 Å². The molecule has 2 aromatic rings. The Balaban J connectivity index is 1.79. The first-order chi connectivity index (χ1) is 12.5. The summed E-state index contributed by atoms with van der Waals surface area (Å²) in [6.07, 6.45) is 4.10. The van der Waals surface area contributed by atoms with Crippen LogP contribution in [0.3, 0.4) is 0 Å². The molecule has 1 aromatic heterocycles. The number of carbonyl (C=O) groups excluding carboxylic acids is 2. The highest BCUT2D eigenvalue weighted by Gasteiger charge is 2.19. The molecule has 1 N–H and O–H groups in total. The molecule has 142 valence electrons. The standard InChI is InChI=1S/C21H29NO4/c1-5-25-17(23)10-8-6-7-9-13-22-21(24)20-16(4)18-14(2)11-12-15(3)19(18)26-20/h11-12H,5-10,13H2,1-4H3,(H,22,24). The predicted octanol–water partition coefficient (Wildman–Crippen LogP) is 4.60. The van der Waals surface area contributed by atoms with Crippen molar-refractivity contribution in [1.82, 2.24) is 5.32 Å². The minimum absolute atomic E-state index is 0.133. The van der Waals surface area contributed by atoms with Crippen LogP contribution in [-0.2, 0) is 9.53 Å². The lowest BCUT2D eigenvalue weighted by molar-refractivity contribution is -0.143. The molecule has 0 radical (unpaired) electrons. The second-order valence-electron chi connectivity index (χ2n) is 6.68. The third kappa shape index (κ3) is 4.87. The maximum atomic E-state index is 12.4. The average Bonchev–Trinajstić information content (AvgIpc) is 2.96. The number of furan rings is 1. The minimum Gasteiger partial charge on any atom is -0.466 e. The average molecular weight is 359 g/mol. The van der Waals surface area contributed by atoms with Crippen molar-refractivity contribution in [2.24, 2.45) is 0 Å². The number of hydrogen-bond acceptors (Lipinski definition) is 4. The van der Waals surface area contributed by atoms with Crippen LogP contribution in [0.5, 0.6) is 0 Å². The molecule has 2 rings (SSSR count). The highest BCUT2D eigenvalue weighted by atomic mass is 16.5. The number of hydrogen-bond donors (Lipinski definition) is 1. The van der Waals surface area contributed by atoms with Gasteiger partial charge in [-0.3, -0.25) is 9.59 Å². The van der Waals surface area contributed by atoms with Crippen LogP contribution in [0, 0.1) is 20.8 Å². The Morgan fingerprint density at radius 2 is 1.73 bits per heavy atom. The molecule has 0 aliphatic heterocycles. The Kier molecular flexibility index (Phi) is 7.25. The van der Waals surface area contributed by atoms with Gasteiger partial charge in [0.15, 0.2) is 5.76 Å². The highest BCUT2D eigenvalue weighted by molar-refractivity contribution is 6.00. The number of unbranched alkanes of at least 4 members (excludes halogenated alkanes) is 3. The molecule has 0 bridgehead atoms. The first kappa shape index (κ1) is 20.0. The van der Waals surface area contributed by atoms with Gasteiger partial charge in [0.25, 0.3) is 5.91 Å². The summed E-state index contributed by atoms with van der Waals surface area (Å²) in [7, 11) is 0. The number of amides is 1. The number of rotatable bonds is 9. The summed E-state index contributed by atoms with van der Waals surface area (Å²) in [6.45, 7) is 8.80. The Bertz CT molecular complexity index is 776. The molecular formula is C21H29NO4. The van der Waals surface area contributed by atoms with Gasteiger partial charge in [0.2, 0.25) is 0 Å². The van der Waals surface area contributed by atoms with Crippen molar-refractivity contribution in [2.75, 3.05) is 13.2 Å². The Morgan fingerprint density at radius 1 is 1.04 bits per heavy atom. The van der Waals surface area contributed by atoms with E-state index in [1.165, 1.54) is 0 Å². The van der Waals surface area contributed by atoms with Gasteiger partial charge < -0.3 is 14.5 Å². The zero-order valence-electron chi connectivity index (χ0n) is 16.2. The third-order valence-corrected chi connectivity index (χ3v) is 4.59. The maximum absolute atomic E-state index is 12.4. The largest absolute Gasteiger partial charge is 0.466 e. The summed E-state index contributed by atoms with van der Waals surface area (Å²) >= 11 is 0. The molecule has 1 heterocycles. The van der Waals surface area contributed by atoms with Crippen molar-refractivity contribution in [3.05, 3.63) is 34.6 Å². The summed E-state index contributed by atoms with van der Waals surface area (Å²) in [5.41, 5.74) is 3.85. The van der Waals surface area contributed by atoms with Crippen LogP contribution in [-0.4, -0.2) is 25.0 Å². The van der Waals surface area contributed by atoms with Gasteiger partial charge in [0.05, 0.1) is 6.61 Å². The second-order valence-corrected chi connectivity index (χ2v) is 6.68. The van der Waals surface area contributed by atoms with E-state index in [0.717, 1.165) is 53.3 Å². The van der Waals surface area contributed by atoms with E-state index < -0.39 is 0 Å². The first-order valence-electron chi connectivity index (χ1n) is 9.38. The van der Waals surface area contributed by atoms with Crippen molar-refractivity contribution >= 4 is 22.8 Å². The van der Waals surface area contributed by atoms with E-state index in [1.807, 2.05) is 33.8 Å². The van der Waals surface area contributed by atoms with E-state index >= 15 is 0 Å². The van der Waals surface area contributed by atoms with Gasteiger partial charge in [0, 0.05) is 23.9 Å². The lowest BCUT2D eigenvalue weighted by Crippen LogP contribution is -2.24. The molecule has 0 saturated carbocycles. The minimum atomic E-state index is -0.163. The fraction of sp³-hybridized carbons (Fsp3) is 0.524. The van der Waals surface area contributed by atoms with Crippen LogP contribution < -0.4 is 5.32 Å². The predicted molar refractivity (Wildman–Crippen MR) is 102 cm³/mol. The summed E-state index contributed by atoms with van der Waals surface area (Å²) in [6, 6.07) is 4.07. The van der Waals surface area contributed by atoms with E-state index in [-0.39, 0.29) is 11.9 Å².